The molecule has 0 aliphatic rings. The van der Waals surface area contributed by atoms with Crippen molar-refractivity contribution in [3.63, 3.8) is 0 Å². The highest BCUT2D eigenvalue weighted by Gasteiger charge is 2.07. The number of rotatable bonds is 4. The van der Waals surface area contributed by atoms with E-state index < -0.39 is 0 Å². The quantitative estimate of drug-likeness (QED) is 0.801. The number of hydrogen-bond donors (Lipinski definition) is 1. The van der Waals surface area contributed by atoms with E-state index in [1.807, 2.05) is 29.8 Å². The zero-order valence-electron chi connectivity index (χ0n) is 12.2. The van der Waals surface area contributed by atoms with Crippen molar-refractivity contribution in [1.82, 2.24) is 9.78 Å². The largest absolute Gasteiger partial charge is 0.326 e. The molecule has 22 heavy (non-hydrogen) atoms. The Morgan fingerprint density at radius 1 is 1.27 bits per heavy atom. The minimum absolute atomic E-state index is 0.165. The van der Waals surface area contributed by atoms with Gasteiger partial charge < -0.3 is 5.32 Å². The third-order valence-electron chi connectivity index (χ3n) is 3.46. The summed E-state index contributed by atoms with van der Waals surface area (Å²) in [5, 5.41) is 8.04. The summed E-state index contributed by atoms with van der Waals surface area (Å²) >= 11 is 0. The first kappa shape index (κ1) is 14.3. The van der Waals surface area contributed by atoms with E-state index in [1.54, 1.807) is 18.3 Å². The second-order valence-electron chi connectivity index (χ2n) is 5.24. The average molecular weight is 297 g/mol. The second-order valence-corrected chi connectivity index (χ2v) is 5.24. The third kappa shape index (κ3) is 3.14. The van der Waals surface area contributed by atoms with E-state index in [1.165, 1.54) is 12.1 Å². The normalized spacial score (nSPS) is 10.8. The number of aryl methyl sites for hydroxylation is 2. The van der Waals surface area contributed by atoms with Gasteiger partial charge in [-0.1, -0.05) is 18.2 Å². The average Bonchev–Trinajstić information content (AvgIpc) is 2.87. The number of fused-ring (bicyclic) bond motifs is 1. The Balaban J connectivity index is 1.66. The van der Waals surface area contributed by atoms with E-state index in [0.717, 1.165) is 16.5 Å². The summed E-state index contributed by atoms with van der Waals surface area (Å²) in [6.07, 6.45) is 2.07. The number of nitrogens with zero attached hydrogens (tertiary/aromatic N) is 2. The first-order chi connectivity index (χ1) is 10.6. The van der Waals surface area contributed by atoms with Crippen molar-refractivity contribution in [2.75, 3.05) is 5.32 Å². The number of hydrogen-bond acceptors (Lipinski definition) is 2. The fraction of sp³-hybridized carbons (Fsp3) is 0.176. The lowest BCUT2D eigenvalue weighted by Crippen LogP contribution is -2.15. The first-order valence-corrected chi connectivity index (χ1v) is 7.09. The summed E-state index contributed by atoms with van der Waals surface area (Å²) in [7, 11) is 0. The van der Waals surface area contributed by atoms with Crippen LogP contribution in [0.5, 0.6) is 0 Å². The molecule has 1 amide bonds. The summed E-state index contributed by atoms with van der Waals surface area (Å²) < 4.78 is 14.9. The smallest absolute Gasteiger partial charge is 0.226 e. The molecule has 1 heterocycles. The predicted octanol–water partition coefficient (Wildman–Crippen LogP) is 3.51. The van der Waals surface area contributed by atoms with Crippen molar-refractivity contribution in [3.05, 3.63) is 60.0 Å². The Hall–Kier alpha value is -2.69. The molecule has 0 aliphatic carbocycles. The molecule has 1 aromatic heterocycles. The zero-order chi connectivity index (χ0) is 15.5. The predicted molar refractivity (Wildman–Crippen MR) is 84.1 cm³/mol. The standard InChI is InChI=1S/C17H16FN3O/c1-12-5-6-13-11-19-21(16(13)9-12)8-7-17(22)20-15-4-2-3-14(18)10-15/h2-6,9-11H,7-8H2,1H3,(H,20,22). The number of benzene rings is 2. The molecule has 0 aliphatic heterocycles. The lowest BCUT2D eigenvalue weighted by Gasteiger charge is -2.06. The summed E-state index contributed by atoms with van der Waals surface area (Å²) in [5.41, 5.74) is 2.63. The Morgan fingerprint density at radius 3 is 2.95 bits per heavy atom. The van der Waals surface area contributed by atoms with Crippen LogP contribution >= 0.6 is 0 Å². The summed E-state index contributed by atoms with van der Waals surface area (Å²) in [6, 6.07) is 12.0. The van der Waals surface area contributed by atoms with Crippen LogP contribution in [0.15, 0.2) is 48.7 Å². The highest BCUT2D eigenvalue weighted by Crippen LogP contribution is 2.16. The van der Waals surface area contributed by atoms with E-state index in [4.69, 9.17) is 0 Å². The lowest BCUT2D eigenvalue weighted by atomic mass is 10.2. The number of carbonyl (C=O) groups excluding carboxylic acids is 1. The molecule has 5 heteroatoms. The fourth-order valence-corrected chi connectivity index (χ4v) is 2.36. The maximum atomic E-state index is 13.1. The van der Waals surface area contributed by atoms with E-state index in [-0.39, 0.29) is 18.1 Å². The molecule has 112 valence electrons. The maximum absolute atomic E-state index is 13.1. The van der Waals surface area contributed by atoms with Crippen molar-refractivity contribution < 1.29 is 9.18 Å². The molecule has 0 bridgehead atoms. The van der Waals surface area contributed by atoms with Crippen LogP contribution in [0.3, 0.4) is 0 Å². The Kier molecular flexibility index (Phi) is 3.87. The minimum Gasteiger partial charge on any atom is -0.326 e. The summed E-state index contributed by atoms with van der Waals surface area (Å²) in [6.45, 7) is 2.50. The molecule has 0 radical (unpaired) electrons. The monoisotopic (exact) mass is 297 g/mol. The molecular formula is C17H16FN3O. The zero-order valence-corrected chi connectivity index (χ0v) is 12.2. The van der Waals surface area contributed by atoms with Crippen molar-refractivity contribution in [1.29, 1.82) is 0 Å². The molecule has 1 N–H and O–H groups in total. The highest BCUT2D eigenvalue weighted by atomic mass is 19.1. The van der Waals surface area contributed by atoms with Gasteiger partial charge in [-0.2, -0.15) is 5.10 Å². The molecule has 4 nitrogen and oxygen atoms in total. The van der Waals surface area contributed by atoms with Crippen LogP contribution in [0.25, 0.3) is 10.9 Å². The topological polar surface area (TPSA) is 46.9 Å². The van der Waals surface area contributed by atoms with Crippen molar-refractivity contribution in [3.8, 4) is 0 Å². The van der Waals surface area contributed by atoms with E-state index in [9.17, 15) is 9.18 Å². The van der Waals surface area contributed by atoms with Crippen LogP contribution in [0, 0.1) is 12.7 Å². The van der Waals surface area contributed by atoms with Gasteiger partial charge in [0.1, 0.15) is 5.82 Å². The maximum Gasteiger partial charge on any atom is 0.226 e. The molecule has 0 unspecified atom stereocenters. The minimum atomic E-state index is -0.369. The SMILES string of the molecule is Cc1ccc2cnn(CCC(=O)Nc3cccc(F)c3)c2c1. The lowest BCUT2D eigenvalue weighted by molar-refractivity contribution is -0.116. The molecule has 3 rings (SSSR count). The van der Waals surface area contributed by atoms with Crippen LogP contribution in [0.1, 0.15) is 12.0 Å². The van der Waals surface area contributed by atoms with Crippen LogP contribution < -0.4 is 5.32 Å². The molecule has 3 aromatic rings. The van der Waals surface area contributed by atoms with Gasteiger partial charge in [0, 0.05) is 17.5 Å². The molecule has 0 saturated carbocycles. The van der Waals surface area contributed by atoms with Gasteiger partial charge in [0.05, 0.1) is 18.3 Å². The summed E-state index contributed by atoms with van der Waals surface area (Å²) in [4.78, 5) is 11.9. The van der Waals surface area contributed by atoms with E-state index in [0.29, 0.717) is 12.2 Å². The Morgan fingerprint density at radius 2 is 2.14 bits per heavy atom. The Bertz CT molecular complexity index is 826. The third-order valence-corrected chi connectivity index (χ3v) is 3.46. The van der Waals surface area contributed by atoms with E-state index in [2.05, 4.69) is 10.4 Å². The molecule has 2 aromatic carbocycles. The van der Waals surface area contributed by atoms with Crippen molar-refractivity contribution in [2.24, 2.45) is 0 Å². The fourth-order valence-electron chi connectivity index (χ4n) is 2.36. The summed E-state index contributed by atoms with van der Waals surface area (Å²) in [5.74, 6) is -0.534. The van der Waals surface area contributed by atoms with Crippen LogP contribution in [0.2, 0.25) is 0 Å². The highest BCUT2D eigenvalue weighted by molar-refractivity contribution is 5.90. The van der Waals surface area contributed by atoms with Crippen LogP contribution in [-0.4, -0.2) is 15.7 Å². The van der Waals surface area contributed by atoms with Gasteiger partial charge in [0.2, 0.25) is 5.91 Å². The number of nitrogens with one attached hydrogen (secondary N) is 1. The number of carbonyl (C=O) groups is 1. The number of aromatic nitrogens is 2. The number of anilines is 1. The van der Waals surface area contributed by atoms with Crippen molar-refractivity contribution >= 4 is 22.5 Å². The second kappa shape index (κ2) is 5.97. The molecule has 0 saturated heterocycles. The molecule has 0 fully saturated rings. The number of amides is 1. The van der Waals surface area contributed by atoms with Crippen LogP contribution in [-0.2, 0) is 11.3 Å². The van der Waals surface area contributed by atoms with Gasteiger partial charge in [-0.25, -0.2) is 4.39 Å². The van der Waals surface area contributed by atoms with Gasteiger partial charge >= 0.3 is 0 Å². The van der Waals surface area contributed by atoms with Gasteiger partial charge in [-0.15, -0.1) is 0 Å². The number of halogens is 1. The Labute approximate surface area is 127 Å². The molecule has 0 atom stereocenters. The van der Waals surface area contributed by atoms with Crippen LogP contribution in [0.4, 0.5) is 10.1 Å². The molecule has 0 spiro atoms. The van der Waals surface area contributed by atoms with Crippen molar-refractivity contribution in [2.45, 2.75) is 19.9 Å². The van der Waals surface area contributed by atoms with E-state index >= 15 is 0 Å². The van der Waals surface area contributed by atoms with Gasteiger partial charge in [-0.05, 0) is 36.8 Å². The first-order valence-electron chi connectivity index (χ1n) is 7.09. The van der Waals surface area contributed by atoms with Gasteiger partial charge in [0.15, 0.2) is 0 Å². The van der Waals surface area contributed by atoms with Gasteiger partial charge in [0.25, 0.3) is 0 Å². The molecular weight excluding hydrogens is 281 g/mol. The van der Waals surface area contributed by atoms with Gasteiger partial charge in [-0.3, -0.25) is 9.48 Å².